The summed E-state index contributed by atoms with van der Waals surface area (Å²) in [6.45, 7) is 9.48. The Balaban J connectivity index is 1.24. The maximum Gasteiger partial charge on any atom is 0.410 e. The predicted octanol–water partition coefficient (Wildman–Crippen LogP) is 6.08. The third-order valence-corrected chi connectivity index (χ3v) is 8.96. The predicted molar refractivity (Wildman–Crippen MR) is 178 cm³/mol. The van der Waals surface area contributed by atoms with Gasteiger partial charge < -0.3 is 28.6 Å². The first-order valence-corrected chi connectivity index (χ1v) is 16.4. The van der Waals surface area contributed by atoms with Crippen molar-refractivity contribution in [3.8, 4) is 11.1 Å². The van der Waals surface area contributed by atoms with Gasteiger partial charge in [-0.15, -0.1) is 0 Å². The van der Waals surface area contributed by atoms with Crippen LogP contribution in [0.4, 0.5) is 14.9 Å². The van der Waals surface area contributed by atoms with E-state index in [-0.39, 0.29) is 34.6 Å². The van der Waals surface area contributed by atoms with Crippen LogP contribution in [0.3, 0.4) is 0 Å². The largest absolute Gasteiger partial charge is 0.463 e. The van der Waals surface area contributed by atoms with Gasteiger partial charge in [-0.05, 0) is 69.0 Å². The van der Waals surface area contributed by atoms with Gasteiger partial charge in [0.2, 0.25) is 11.7 Å². The number of ether oxygens (including phenoxy) is 2. The number of hydrogen-bond acceptors (Lipinski definition) is 8. The van der Waals surface area contributed by atoms with Gasteiger partial charge in [-0.3, -0.25) is 9.48 Å². The molecule has 2 aliphatic rings. The Kier molecular flexibility index (Phi) is 9.43. The number of esters is 1. The van der Waals surface area contributed by atoms with Gasteiger partial charge in [0.15, 0.2) is 0 Å². The maximum absolute atomic E-state index is 16.3. The fourth-order valence-corrected chi connectivity index (χ4v) is 6.49. The molecule has 2 saturated heterocycles. The SMILES string of the molecule is COC(=O)c1cc2c(F)c(C3CCCN(C(=O)CCn4cccn4)C3)cc(-c3ccc(N4CCN(C(=O)OC(C)(C)C)CC4)cc3)c2o1. The minimum absolute atomic E-state index is 0.00992. The number of hydrogen-bond donors (Lipinski definition) is 0. The van der Waals surface area contributed by atoms with E-state index in [0.29, 0.717) is 63.4 Å². The zero-order valence-electron chi connectivity index (χ0n) is 27.9. The highest BCUT2D eigenvalue weighted by Gasteiger charge is 2.30. The lowest BCUT2D eigenvalue weighted by Crippen LogP contribution is -2.50. The zero-order chi connectivity index (χ0) is 34.0. The highest BCUT2D eigenvalue weighted by molar-refractivity contribution is 5.99. The van der Waals surface area contributed by atoms with Crippen LogP contribution in [0.5, 0.6) is 0 Å². The van der Waals surface area contributed by atoms with Gasteiger partial charge in [-0.2, -0.15) is 5.10 Å². The monoisotopic (exact) mass is 659 g/mol. The van der Waals surface area contributed by atoms with Crippen LogP contribution in [-0.4, -0.2) is 89.5 Å². The second-order valence-electron chi connectivity index (χ2n) is 13.4. The van der Waals surface area contributed by atoms with Crippen molar-refractivity contribution >= 4 is 34.6 Å². The summed E-state index contributed by atoms with van der Waals surface area (Å²) in [6.07, 6.45) is 4.99. The Morgan fingerprint density at radius 2 is 1.77 bits per heavy atom. The van der Waals surface area contributed by atoms with Gasteiger partial charge in [0.1, 0.15) is 17.0 Å². The van der Waals surface area contributed by atoms with Crippen molar-refractivity contribution in [1.82, 2.24) is 19.6 Å². The van der Waals surface area contributed by atoms with Crippen LogP contribution in [0.25, 0.3) is 22.1 Å². The lowest BCUT2D eigenvalue weighted by molar-refractivity contribution is -0.132. The highest BCUT2D eigenvalue weighted by atomic mass is 19.1. The average Bonchev–Trinajstić information content (AvgIpc) is 3.78. The van der Waals surface area contributed by atoms with Crippen molar-refractivity contribution < 1.29 is 32.7 Å². The second-order valence-corrected chi connectivity index (χ2v) is 13.4. The van der Waals surface area contributed by atoms with Crippen LogP contribution in [0.1, 0.15) is 62.1 Å². The van der Waals surface area contributed by atoms with Gasteiger partial charge in [0.25, 0.3) is 0 Å². The third kappa shape index (κ3) is 7.17. The number of aryl methyl sites for hydroxylation is 1. The molecule has 4 heterocycles. The minimum Gasteiger partial charge on any atom is -0.463 e. The summed E-state index contributed by atoms with van der Waals surface area (Å²) in [5.74, 6) is -1.44. The fraction of sp³-hybridized carbons (Fsp3) is 0.444. The molecule has 0 N–H and O–H groups in total. The van der Waals surface area contributed by atoms with Crippen LogP contribution in [0, 0.1) is 5.82 Å². The van der Waals surface area contributed by atoms with Crippen molar-refractivity contribution in [1.29, 1.82) is 0 Å². The number of benzene rings is 2. The Morgan fingerprint density at radius 3 is 2.44 bits per heavy atom. The molecule has 4 aromatic rings. The van der Waals surface area contributed by atoms with Gasteiger partial charge in [-0.1, -0.05) is 12.1 Å². The van der Waals surface area contributed by atoms with E-state index in [0.717, 1.165) is 24.1 Å². The molecule has 48 heavy (non-hydrogen) atoms. The number of halogens is 1. The highest BCUT2D eigenvalue weighted by Crippen LogP contribution is 2.40. The molecule has 0 aliphatic carbocycles. The van der Waals surface area contributed by atoms with Crippen LogP contribution >= 0.6 is 0 Å². The molecule has 12 heteroatoms. The maximum atomic E-state index is 16.3. The molecule has 2 amide bonds. The number of piperazine rings is 1. The van der Waals surface area contributed by atoms with Gasteiger partial charge in [0.05, 0.1) is 12.5 Å². The van der Waals surface area contributed by atoms with E-state index in [9.17, 15) is 14.4 Å². The minimum atomic E-state index is -0.689. The molecule has 11 nitrogen and oxygen atoms in total. The Hall–Kier alpha value is -4.87. The van der Waals surface area contributed by atoms with E-state index in [1.807, 2.05) is 62.2 Å². The smallest absolute Gasteiger partial charge is 0.410 e. The van der Waals surface area contributed by atoms with E-state index >= 15 is 4.39 Å². The molecule has 1 atom stereocenters. The number of amides is 2. The number of furan rings is 1. The molecule has 2 aromatic carbocycles. The summed E-state index contributed by atoms with van der Waals surface area (Å²) in [6, 6.07) is 12.9. The first kappa shape index (κ1) is 33.0. The molecule has 0 saturated carbocycles. The standard InChI is InChI=1S/C36H42FN5O6/c1-36(2,3)48-35(45)40-19-17-39(18-20-40)26-10-8-24(9-11-26)28-21-27(32(37)29-22-30(34(44)46-4)47-33(28)29)25-7-5-14-41(23-25)31(43)12-16-42-15-6-13-38-42/h6,8-11,13,15,21-22,25H,5,7,12,14,16-20,23H2,1-4H3. The van der Waals surface area contributed by atoms with Crippen LogP contribution in [-0.2, 0) is 20.8 Å². The number of rotatable bonds is 7. The van der Waals surface area contributed by atoms with Gasteiger partial charge in [-0.25, -0.2) is 14.0 Å². The first-order valence-electron chi connectivity index (χ1n) is 16.4. The molecule has 0 radical (unpaired) electrons. The number of carbonyl (C=O) groups excluding carboxylic acids is 3. The summed E-state index contributed by atoms with van der Waals surface area (Å²) >= 11 is 0. The van der Waals surface area contributed by atoms with Crippen LogP contribution in [0.15, 0.2) is 59.3 Å². The molecule has 0 bridgehead atoms. The van der Waals surface area contributed by atoms with E-state index < -0.39 is 17.4 Å². The number of carbonyl (C=O) groups is 3. The number of anilines is 1. The zero-order valence-corrected chi connectivity index (χ0v) is 27.9. The van der Waals surface area contributed by atoms with Crippen LogP contribution < -0.4 is 4.90 Å². The Bertz CT molecular complexity index is 1770. The second kappa shape index (κ2) is 13.7. The summed E-state index contributed by atoms with van der Waals surface area (Å²) in [4.78, 5) is 43.8. The molecule has 254 valence electrons. The number of methoxy groups -OCH3 is 1. The lowest BCUT2D eigenvalue weighted by atomic mass is 9.87. The molecular weight excluding hydrogens is 617 g/mol. The van der Waals surface area contributed by atoms with Crippen molar-refractivity contribution in [3.05, 3.63) is 72.0 Å². The Labute approximate surface area is 279 Å². The topological polar surface area (TPSA) is 110 Å². The molecule has 2 fully saturated rings. The summed E-state index contributed by atoms with van der Waals surface area (Å²) in [5, 5.41) is 4.38. The van der Waals surface area contributed by atoms with E-state index in [2.05, 4.69) is 10.00 Å². The average molecular weight is 660 g/mol. The number of aromatic nitrogens is 2. The third-order valence-electron chi connectivity index (χ3n) is 8.96. The van der Waals surface area contributed by atoms with Crippen LogP contribution in [0.2, 0.25) is 0 Å². The first-order chi connectivity index (χ1) is 23.0. The molecule has 0 spiro atoms. The number of fused-ring (bicyclic) bond motifs is 1. The van der Waals surface area contributed by atoms with Crippen molar-refractivity contribution in [2.75, 3.05) is 51.3 Å². The lowest BCUT2D eigenvalue weighted by Gasteiger charge is -2.36. The van der Waals surface area contributed by atoms with E-state index in [1.54, 1.807) is 21.8 Å². The quantitative estimate of drug-likeness (QED) is 0.220. The Morgan fingerprint density at radius 1 is 1.02 bits per heavy atom. The van der Waals surface area contributed by atoms with E-state index in [4.69, 9.17) is 13.9 Å². The summed E-state index contributed by atoms with van der Waals surface area (Å²) in [5.41, 5.74) is 2.65. The molecular formula is C36H42FN5O6. The fourth-order valence-electron chi connectivity index (χ4n) is 6.49. The van der Waals surface area contributed by atoms with Crippen molar-refractivity contribution in [2.24, 2.45) is 0 Å². The molecule has 6 rings (SSSR count). The van der Waals surface area contributed by atoms with Gasteiger partial charge >= 0.3 is 12.1 Å². The molecule has 2 aliphatic heterocycles. The normalized spacial score (nSPS) is 17.1. The molecule has 1 unspecified atom stereocenters. The number of piperidine rings is 1. The van der Waals surface area contributed by atoms with E-state index in [1.165, 1.54) is 13.2 Å². The van der Waals surface area contributed by atoms with Crippen molar-refractivity contribution in [2.45, 2.75) is 58.1 Å². The summed E-state index contributed by atoms with van der Waals surface area (Å²) in [7, 11) is 1.25. The number of likely N-dealkylation sites (tertiary alicyclic amines) is 1. The molecule has 2 aromatic heterocycles. The van der Waals surface area contributed by atoms with Gasteiger partial charge in [0, 0.05) is 87.9 Å². The number of nitrogens with zero attached hydrogens (tertiary/aromatic N) is 5. The summed E-state index contributed by atoms with van der Waals surface area (Å²) < 4.78 is 34.4. The van der Waals surface area contributed by atoms with Crippen molar-refractivity contribution in [3.63, 3.8) is 0 Å².